The van der Waals surface area contributed by atoms with Gasteiger partial charge in [0.2, 0.25) is 0 Å². The van der Waals surface area contributed by atoms with E-state index in [1.165, 1.54) is 23.3 Å². The molecule has 37 heavy (non-hydrogen) atoms. The Labute approximate surface area is 215 Å². The molecule has 1 amide bonds. The molecule has 5 aromatic rings. The summed E-state index contributed by atoms with van der Waals surface area (Å²) < 4.78 is 23.5. The van der Waals surface area contributed by atoms with Crippen molar-refractivity contribution in [2.75, 3.05) is 12.4 Å². The van der Waals surface area contributed by atoms with Gasteiger partial charge in [0.25, 0.3) is 5.91 Å². The quantitative estimate of drug-likeness (QED) is 0.283. The predicted octanol–water partition coefficient (Wildman–Crippen LogP) is 7.12. The van der Waals surface area contributed by atoms with Gasteiger partial charge in [-0.15, -0.1) is 0 Å². The summed E-state index contributed by atoms with van der Waals surface area (Å²) in [4.78, 5) is 14.0. The van der Waals surface area contributed by atoms with Crippen LogP contribution in [0, 0.1) is 12.7 Å². The summed E-state index contributed by atoms with van der Waals surface area (Å²) in [5, 5.41) is 3.10. The van der Waals surface area contributed by atoms with Crippen molar-refractivity contribution >= 4 is 17.2 Å². The third-order valence-corrected chi connectivity index (χ3v) is 7.18. The monoisotopic (exact) mass is 493 g/mol. The number of benzene rings is 3. The van der Waals surface area contributed by atoms with Crippen LogP contribution in [0.1, 0.15) is 34.5 Å². The first-order valence-corrected chi connectivity index (χ1v) is 12.6. The minimum atomic E-state index is -0.267. The average molecular weight is 494 g/mol. The summed E-state index contributed by atoms with van der Waals surface area (Å²) in [6, 6.07) is 22.3. The summed E-state index contributed by atoms with van der Waals surface area (Å²) >= 11 is 0. The molecule has 0 fully saturated rings. The molecule has 0 atom stereocenters. The number of aryl methyl sites for hydroxylation is 3. The van der Waals surface area contributed by atoms with Gasteiger partial charge in [0.1, 0.15) is 22.9 Å². The molecule has 0 unspecified atom stereocenters. The van der Waals surface area contributed by atoms with E-state index in [0.29, 0.717) is 17.1 Å². The van der Waals surface area contributed by atoms with Gasteiger partial charge in [-0.1, -0.05) is 42.0 Å². The van der Waals surface area contributed by atoms with Crippen LogP contribution in [-0.4, -0.2) is 22.0 Å². The van der Waals surface area contributed by atoms with Crippen LogP contribution in [0.2, 0.25) is 0 Å². The lowest BCUT2D eigenvalue weighted by Gasteiger charge is -2.12. The van der Waals surface area contributed by atoms with Gasteiger partial charge in [-0.25, -0.2) is 4.39 Å². The van der Waals surface area contributed by atoms with Crippen molar-refractivity contribution in [3.8, 4) is 28.1 Å². The summed E-state index contributed by atoms with van der Waals surface area (Å²) in [5.74, 6) is 0.133. The third-order valence-electron chi connectivity index (χ3n) is 7.18. The molecule has 0 saturated carbocycles. The molecule has 0 bridgehead atoms. The molecule has 5 nitrogen and oxygen atoms in total. The molecular formula is C31H28FN3O2. The minimum absolute atomic E-state index is 0.204. The second-order valence-corrected chi connectivity index (χ2v) is 9.55. The summed E-state index contributed by atoms with van der Waals surface area (Å²) in [7, 11) is 1.59. The number of rotatable bonds is 5. The number of anilines is 1. The van der Waals surface area contributed by atoms with Crippen molar-refractivity contribution in [2.24, 2.45) is 0 Å². The van der Waals surface area contributed by atoms with Gasteiger partial charge in [0, 0.05) is 23.9 Å². The van der Waals surface area contributed by atoms with Crippen molar-refractivity contribution in [2.45, 2.75) is 32.7 Å². The Morgan fingerprint density at radius 1 is 0.946 bits per heavy atom. The zero-order chi connectivity index (χ0) is 25.5. The zero-order valence-electron chi connectivity index (χ0n) is 20.9. The van der Waals surface area contributed by atoms with Crippen LogP contribution in [0.25, 0.3) is 28.0 Å². The van der Waals surface area contributed by atoms with Crippen LogP contribution in [0.5, 0.6) is 5.75 Å². The molecule has 0 saturated heterocycles. The maximum Gasteiger partial charge on any atom is 0.273 e. The van der Waals surface area contributed by atoms with Crippen molar-refractivity contribution in [1.29, 1.82) is 0 Å². The second-order valence-electron chi connectivity index (χ2n) is 9.55. The van der Waals surface area contributed by atoms with Gasteiger partial charge >= 0.3 is 0 Å². The first-order valence-electron chi connectivity index (χ1n) is 12.6. The highest BCUT2D eigenvalue weighted by Gasteiger charge is 2.30. The fraction of sp³-hybridized carbons (Fsp3) is 0.194. The number of para-hydroxylation sites is 2. The van der Waals surface area contributed by atoms with Gasteiger partial charge < -0.3 is 14.6 Å². The van der Waals surface area contributed by atoms with Gasteiger partial charge in [0.05, 0.1) is 18.5 Å². The SMILES string of the molecule is COc1ccccc1NC(=O)c1c(-c2ccc(C)cc2)c2c3n(c(-c4ccc(F)cc4)cn13)CCCC2. The molecule has 3 heterocycles. The number of methoxy groups -OCH3 is 1. The first kappa shape index (κ1) is 23.1. The second kappa shape index (κ2) is 9.28. The molecule has 1 N–H and O–H groups in total. The Balaban J connectivity index is 1.60. The van der Waals surface area contributed by atoms with Crippen LogP contribution < -0.4 is 10.1 Å². The number of ether oxygens (including phenoxy) is 1. The van der Waals surface area contributed by atoms with E-state index in [0.717, 1.165) is 53.8 Å². The van der Waals surface area contributed by atoms with Crippen LogP contribution in [-0.2, 0) is 13.0 Å². The molecule has 1 aliphatic heterocycles. The smallest absolute Gasteiger partial charge is 0.273 e. The molecule has 6 rings (SSSR count). The molecule has 0 aliphatic carbocycles. The Bertz CT molecular complexity index is 1610. The molecule has 3 aromatic carbocycles. The molecule has 2 aromatic heterocycles. The minimum Gasteiger partial charge on any atom is -0.495 e. The van der Waals surface area contributed by atoms with E-state index in [1.807, 2.05) is 34.9 Å². The lowest BCUT2D eigenvalue weighted by Crippen LogP contribution is -2.16. The van der Waals surface area contributed by atoms with Crippen molar-refractivity contribution < 1.29 is 13.9 Å². The lowest BCUT2D eigenvalue weighted by molar-refractivity contribution is 0.102. The number of imidazole rings is 1. The third kappa shape index (κ3) is 3.99. The number of hydrogen-bond acceptors (Lipinski definition) is 2. The number of nitrogens with zero attached hydrogens (tertiary/aromatic N) is 2. The number of carbonyl (C=O) groups is 1. The number of amides is 1. The van der Waals surface area contributed by atoms with Gasteiger partial charge in [-0.05, 0) is 73.7 Å². The number of carbonyl (C=O) groups excluding carboxylic acids is 1. The number of nitrogens with one attached hydrogen (secondary N) is 1. The van der Waals surface area contributed by atoms with Gasteiger partial charge in [-0.2, -0.15) is 0 Å². The maximum absolute atomic E-state index is 14.0. The number of hydrogen-bond donors (Lipinski definition) is 1. The van der Waals surface area contributed by atoms with Crippen molar-refractivity contribution in [3.63, 3.8) is 0 Å². The van der Waals surface area contributed by atoms with Crippen LogP contribution in [0.15, 0.2) is 79.0 Å². The molecule has 186 valence electrons. The van der Waals surface area contributed by atoms with Crippen LogP contribution in [0.3, 0.4) is 0 Å². The normalized spacial score (nSPS) is 12.9. The molecule has 0 radical (unpaired) electrons. The van der Waals surface area contributed by atoms with E-state index in [1.54, 1.807) is 19.2 Å². The molecule has 1 aliphatic rings. The lowest BCUT2D eigenvalue weighted by atomic mass is 9.97. The topological polar surface area (TPSA) is 47.7 Å². The Morgan fingerprint density at radius 2 is 1.68 bits per heavy atom. The number of aromatic nitrogens is 2. The van der Waals surface area contributed by atoms with Crippen molar-refractivity contribution in [3.05, 3.63) is 102 Å². The molecule has 6 heteroatoms. The Kier molecular flexibility index (Phi) is 5.80. The maximum atomic E-state index is 14.0. The molecular weight excluding hydrogens is 465 g/mol. The van der Waals surface area contributed by atoms with E-state index in [-0.39, 0.29) is 11.7 Å². The van der Waals surface area contributed by atoms with E-state index in [4.69, 9.17) is 4.74 Å². The highest BCUT2D eigenvalue weighted by atomic mass is 19.1. The average Bonchev–Trinajstić information content (AvgIpc) is 3.33. The number of halogens is 1. The van der Waals surface area contributed by atoms with Gasteiger partial charge in [0.15, 0.2) is 0 Å². The Hall–Kier alpha value is -4.32. The van der Waals surface area contributed by atoms with E-state index < -0.39 is 0 Å². The van der Waals surface area contributed by atoms with Crippen molar-refractivity contribution in [1.82, 2.24) is 8.97 Å². The standard InChI is InChI=1S/C31H28FN3O2/c1-20-10-12-22(13-11-20)28-24-7-5-6-18-34-26(21-14-16-23(32)17-15-21)19-35(31(24)34)29(28)30(36)33-25-8-3-4-9-27(25)37-2/h3-4,8-17,19H,5-7,18H2,1-2H3,(H,33,36). The van der Waals surface area contributed by atoms with Crippen LogP contribution in [0.4, 0.5) is 10.1 Å². The largest absolute Gasteiger partial charge is 0.495 e. The fourth-order valence-corrected chi connectivity index (χ4v) is 5.42. The van der Waals surface area contributed by atoms with E-state index in [2.05, 4.69) is 41.1 Å². The summed E-state index contributed by atoms with van der Waals surface area (Å²) in [5.41, 5.74) is 8.44. The predicted molar refractivity (Wildman–Crippen MR) is 145 cm³/mol. The first-order chi connectivity index (χ1) is 18.0. The fourth-order valence-electron chi connectivity index (χ4n) is 5.42. The zero-order valence-corrected chi connectivity index (χ0v) is 20.9. The Morgan fingerprint density at radius 3 is 2.43 bits per heavy atom. The molecule has 0 spiro atoms. The highest BCUT2D eigenvalue weighted by Crippen LogP contribution is 2.40. The summed E-state index contributed by atoms with van der Waals surface area (Å²) in [6.45, 7) is 2.90. The van der Waals surface area contributed by atoms with E-state index >= 15 is 0 Å². The van der Waals surface area contributed by atoms with E-state index in [9.17, 15) is 9.18 Å². The van der Waals surface area contributed by atoms with Crippen LogP contribution >= 0.6 is 0 Å². The van der Waals surface area contributed by atoms with Gasteiger partial charge in [-0.3, -0.25) is 9.20 Å². The summed E-state index contributed by atoms with van der Waals surface area (Å²) in [6.07, 6.45) is 4.95. The highest BCUT2D eigenvalue weighted by molar-refractivity contribution is 6.10.